The van der Waals surface area contributed by atoms with Crippen LogP contribution >= 0.6 is 23.2 Å². The molecule has 0 spiro atoms. The number of halogens is 2. The van der Waals surface area contributed by atoms with Gasteiger partial charge < -0.3 is 9.84 Å². The van der Waals surface area contributed by atoms with Crippen molar-refractivity contribution in [1.82, 2.24) is 9.97 Å². The molecule has 0 bridgehead atoms. The molecule has 0 atom stereocenters. The number of ether oxygens (including phenoxy) is 1. The van der Waals surface area contributed by atoms with Crippen LogP contribution in [0, 0.1) is 0 Å². The lowest BCUT2D eigenvalue weighted by molar-refractivity contribution is 0.281. The van der Waals surface area contributed by atoms with Crippen molar-refractivity contribution in [2.75, 3.05) is 4.72 Å². The maximum atomic E-state index is 12.7. The van der Waals surface area contributed by atoms with Crippen molar-refractivity contribution in [3.05, 3.63) is 76.0 Å². The van der Waals surface area contributed by atoms with Gasteiger partial charge in [-0.3, -0.25) is 4.72 Å². The highest BCUT2D eigenvalue weighted by atomic mass is 35.5. The van der Waals surface area contributed by atoms with Crippen LogP contribution in [-0.4, -0.2) is 23.5 Å². The van der Waals surface area contributed by atoms with E-state index in [-0.39, 0.29) is 39.9 Å². The summed E-state index contributed by atoms with van der Waals surface area (Å²) in [5, 5.41) is 9.11. The Balaban J connectivity index is 1.80. The Morgan fingerprint density at radius 2 is 1.68 bits per heavy atom. The van der Waals surface area contributed by atoms with E-state index in [1.165, 1.54) is 30.6 Å². The van der Waals surface area contributed by atoms with Gasteiger partial charge in [-0.05, 0) is 23.3 Å². The number of aliphatic hydroxyl groups excluding tert-OH is 1. The minimum Gasteiger partial charge on any atom is -0.470 e. The van der Waals surface area contributed by atoms with Crippen molar-refractivity contribution in [2.45, 2.75) is 18.1 Å². The van der Waals surface area contributed by atoms with Crippen LogP contribution in [0.2, 0.25) is 10.0 Å². The molecule has 10 heteroatoms. The quantitative estimate of drug-likeness (QED) is 0.582. The third-order valence-corrected chi connectivity index (χ3v) is 5.99. The number of nitrogens with zero attached hydrogens (tertiary/aromatic N) is 2. The summed E-state index contributed by atoms with van der Waals surface area (Å²) in [7, 11) is -4.06. The first-order valence-electron chi connectivity index (χ1n) is 8.00. The molecule has 146 valence electrons. The van der Waals surface area contributed by atoms with Crippen LogP contribution in [0.5, 0.6) is 5.88 Å². The summed E-state index contributed by atoms with van der Waals surface area (Å²) in [6.07, 6.45) is 2.72. The van der Waals surface area contributed by atoms with Crippen LogP contribution in [0.25, 0.3) is 0 Å². The van der Waals surface area contributed by atoms with Crippen molar-refractivity contribution in [2.24, 2.45) is 0 Å². The van der Waals surface area contributed by atoms with E-state index in [0.717, 1.165) is 11.1 Å². The summed E-state index contributed by atoms with van der Waals surface area (Å²) in [5.41, 5.74) is 1.59. The molecule has 3 rings (SSSR count). The fourth-order valence-electron chi connectivity index (χ4n) is 2.27. The van der Waals surface area contributed by atoms with Gasteiger partial charge in [-0.2, -0.15) is 0 Å². The lowest BCUT2D eigenvalue weighted by Gasteiger charge is -2.13. The smallest absolute Gasteiger partial charge is 0.264 e. The third-order valence-electron chi connectivity index (χ3n) is 3.68. The average molecular weight is 440 g/mol. The molecule has 0 unspecified atom stereocenters. The number of nitrogens with one attached hydrogen (secondary N) is 1. The molecule has 28 heavy (non-hydrogen) atoms. The molecule has 0 amide bonds. The van der Waals surface area contributed by atoms with Crippen molar-refractivity contribution >= 4 is 39.0 Å². The fourth-order valence-corrected chi connectivity index (χ4v) is 4.04. The van der Waals surface area contributed by atoms with Crippen LogP contribution in [0.15, 0.2) is 59.8 Å². The van der Waals surface area contributed by atoms with Gasteiger partial charge in [0, 0.05) is 12.4 Å². The number of rotatable bonds is 7. The standard InChI is InChI=1S/C18H15Cl2N3O4S/c19-14-2-1-3-15(16(14)20)28(25,26)23-17-18(22-9-8-21-17)27-11-13-6-4-12(10-24)5-7-13/h1-9,24H,10-11H2,(H,21,23). The van der Waals surface area contributed by atoms with Gasteiger partial charge in [0.1, 0.15) is 11.5 Å². The zero-order valence-corrected chi connectivity index (χ0v) is 16.7. The molecule has 1 heterocycles. The number of benzene rings is 2. The minimum absolute atomic E-state index is 0.00969. The molecule has 0 saturated heterocycles. The van der Waals surface area contributed by atoms with Crippen LogP contribution in [0.4, 0.5) is 5.82 Å². The third kappa shape index (κ3) is 4.71. The van der Waals surface area contributed by atoms with Crippen molar-refractivity contribution in [3.63, 3.8) is 0 Å². The second kappa shape index (κ2) is 8.74. The molecule has 2 aromatic carbocycles. The first-order chi connectivity index (χ1) is 13.4. The van der Waals surface area contributed by atoms with E-state index in [9.17, 15) is 8.42 Å². The number of aliphatic hydroxyl groups is 1. The molecule has 2 N–H and O–H groups in total. The summed E-state index contributed by atoms with van der Waals surface area (Å²) in [6, 6.07) is 11.4. The highest BCUT2D eigenvalue weighted by molar-refractivity contribution is 7.92. The maximum Gasteiger partial charge on any atom is 0.264 e. The summed E-state index contributed by atoms with van der Waals surface area (Å²) in [4.78, 5) is 7.85. The van der Waals surface area contributed by atoms with Gasteiger partial charge in [-0.25, -0.2) is 18.4 Å². The second-order valence-electron chi connectivity index (χ2n) is 5.63. The molecule has 1 aromatic heterocycles. The minimum atomic E-state index is -4.06. The van der Waals surface area contributed by atoms with Gasteiger partial charge >= 0.3 is 0 Å². The van der Waals surface area contributed by atoms with E-state index < -0.39 is 10.0 Å². The number of hydrogen-bond donors (Lipinski definition) is 2. The van der Waals surface area contributed by atoms with Crippen molar-refractivity contribution in [3.8, 4) is 5.88 Å². The first kappa shape index (κ1) is 20.3. The number of sulfonamides is 1. The van der Waals surface area contributed by atoms with E-state index in [0.29, 0.717) is 0 Å². The molecular weight excluding hydrogens is 425 g/mol. The van der Waals surface area contributed by atoms with Crippen molar-refractivity contribution < 1.29 is 18.3 Å². The van der Waals surface area contributed by atoms with Crippen LogP contribution in [0.3, 0.4) is 0 Å². The molecule has 0 aliphatic rings. The molecule has 0 fully saturated rings. The Morgan fingerprint density at radius 3 is 2.39 bits per heavy atom. The SMILES string of the molecule is O=S(=O)(Nc1nccnc1OCc1ccc(CO)cc1)c1cccc(Cl)c1Cl. The zero-order chi connectivity index (χ0) is 20.1. The summed E-state index contributed by atoms with van der Waals surface area (Å²) in [6.45, 7) is 0.0837. The van der Waals surface area contributed by atoms with Gasteiger partial charge in [-0.15, -0.1) is 0 Å². The van der Waals surface area contributed by atoms with Crippen LogP contribution in [-0.2, 0) is 23.2 Å². The van der Waals surface area contributed by atoms with E-state index in [1.807, 2.05) is 0 Å². The van der Waals surface area contributed by atoms with Gasteiger partial charge in [0.25, 0.3) is 15.9 Å². The monoisotopic (exact) mass is 439 g/mol. The number of aromatic nitrogens is 2. The summed E-state index contributed by atoms with van der Waals surface area (Å²) >= 11 is 11.9. The Kier molecular flexibility index (Phi) is 6.35. The zero-order valence-electron chi connectivity index (χ0n) is 14.3. The molecule has 0 aliphatic carbocycles. The molecule has 0 radical (unpaired) electrons. The Labute approximate surface area is 172 Å². The molecule has 3 aromatic rings. The molecule has 0 saturated carbocycles. The Morgan fingerprint density at radius 1 is 1.00 bits per heavy atom. The summed E-state index contributed by atoms with van der Waals surface area (Å²) < 4.78 is 33.3. The highest BCUT2D eigenvalue weighted by Gasteiger charge is 2.22. The lowest BCUT2D eigenvalue weighted by atomic mass is 10.1. The Hall–Kier alpha value is -2.39. The van der Waals surface area contributed by atoms with Gasteiger partial charge in [-0.1, -0.05) is 53.5 Å². The fraction of sp³-hybridized carbons (Fsp3) is 0.111. The largest absolute Gasteiger partial charge is 0.470 e. The molecule has 0 aliphatic heterocycles. The maximum absolute atomic E-state index is 12.7. The number of anilines is 1. The predicted octanol–water partition coefficient (Wildman–Crippen LogP) is 3.66. The highest BCUT2D eigenvalue weighted by Crippen LogP contribution is 2.31. The van der Waals surface area contributed by atoms with E-state index in [2.05, 4.69) is 14.7 Å². The molecule has 7 nitrogen and oxygen atoms in total. The van der Waals surface area contributed by atoms with Crippen molar-refractivity contribution in [1.29, 1.82) is 0 Å². The lowest BCUT2D eigenvalue weighted by Crippen LogP contribution is -2.16. The van der Waals surface area contributed by atoms with E-state index >= 15 is 0 Å². The normalized spacial score (nSPS) is 11.2. The Bertz CT molecular complexity index is 1080. The van der Waals surface area contributed by atoms with Crippen LogP contribution < -0.4 is 9.46 Å². The molecular formula is C18H15Cl2N3O4S. The average Bonchev–Trinajstić information content (AvgIpc) is 2.69. The summed E-state index contributed by atoms with van der Waals surface area (Å²) in [5.74, 6) is -0.0685. The van der Waals surface area contributed by atoms with Gasteiger partial charge in [0.2, 0.25) is 5.82 Å². The van der Waals surface area contributed by atoms with E-state index in [4.69, 9.17) is 33.0 Å². The topological polar surface area (TPSA) is 101 Å². The first-order valence-corrected chi connectivity index (χ1v) is 10.2. The van der Waals surface area contributed by atoms with E-state index in [1.54, 1.807) is 24.3 Å². The predicted molar refractivity (Wildman–Crippen MR) is 106 cm³/mol. The van der Waals surface area contributed by atoms with Crippen LogP contribution in [0.1, 0.15) is 11.1 Å². The van der Waals surface area contributed by atoms with Gasteiger partial charge in [0.05, 0.1) is 16.7 Å². The second-order valence-corrected chi connectivity index (χ2v) is 8.07. The number of hydrogen-bond acceptors (Lipinski definition) is 6. The van der Waals surface area contributed by atoms with Gasteiger partial charge in [0.15, 0.2) is 0 Å².